The summed E-state index contributed by atoms with van der Waals surface area (Å²) in [4.78, 5) is 38.6. The normalized spacial score (nSPS) is 16.3. The van der Waals surface area contributed by atoms with E-state index in [1.807, 2.05) is 6.92 Å². The second kappa shape index (κ2) is 7.80. The maximum atomic E-state index is 12.6. The van der Waals surface area contributed by atoms with Gasteiger partial charge in [-0.2, -0.15) is 0 Å². The molecule has 1 atom stereocenters. The van der Waals surface area contributed by atoms with Crippen LogP contribution in [0.15, 0.2) is 42.5 Å². The molecule has 0 aliphatic carbocycles. The van der Waals surface area contributed by atoms with E-state index in [0.717, 1.165) is 5.56 Å². The van der Waals surface area contributed by atoms with Gasteiger partial charge in [0, 0.05) is 23.7 Å². The summed E-state index contributed by atoms with van der Waals surface area (Å²) in [7, 11) is 1.29. The number of aryl methyl sites for hydroxylation is 1. The van der Waals surface area contributed by atoms with Gasteiger partial charge in [-0.15, -0.1) is 0 Å². The molecule has 6 nitrogen and oxygen atoms in total. The first-order valence-electron chi connectivity index (χ1n) is 8.45. The topological polar surface area (TPSA) is 75.7 Å². The molecule has 3 rings (SSSR count). The lowest BCUT2D eigenvalue weighted by Crippen LogP contribution is -2.29. The predicted molar refractivity (Wildman–Crippen MR) is 103 cm³/mol. The van der Waals surface area contributed by atoms with Crippen LogP contribution in [0.5, 0.6) is 0 Å². The van der Waals surface area contributed by atoms with E-state index >= 15 is 0 Å². The lowest BCUT2D eigenvalue weighted by atomic mass is 10.1. The van der Waals surface area contributed by atoms with Crippen LogP contribution >= 0.6 is 11.6 Å². The molecule has 0 spiro atoms. The number of carbonyl (C=O) groups is 3. The van der Waals surface area contributed by atoms with Gasteiger partial charge in [-0.05, 0) is 42.8 Å². The number of methoxy groups -OCH3 is 1. The molecule has 1 saturated heterocycles. The van der Waals surface area contributed by atoms with Crippen molar-refractivity contribution < 1.29 is 19.1 Å². The number of benzene rings is 2. The molecule has 1 N–H and O–H groups in total. The zero-order valence-corrected chi connectivity index (χ0v) is 15.7. The van der Waals surface area contributed by atoms with Crippen molar-refractivity contribution >= 4 is 40.8 Å². The van der Waals surface area contributed by atoms with Crippen LogP contribution in [0.3, 0.4) is 0 Å². The molecule has 0 radical (unpaired) electrons. The van der Waals surface area contributed by atoms with Crippen molar-refractivity contribution in [1.82, 2.24) is 0 Å². The number of anilines is 2. The van der Waals surface area contributed by atoms with Crippen molar-refractivity contribution in [2.45, 2.75) is 13.3 Å². The van der Waals surface area contributed by atoms with Crippen LogP contribution in [-0.2, 0) is 14.3 Å². The van der Waals surface area contributed by atoms with Crippen molar-refractivity contribution in [3.05, 3.63) is 58.6 Å². The number of nitrogens with one attached hydrogen (secondary N) is 1. The highest BCUT2D eigenvalue weighted by molar-refractivity contribution is 6.30. The Morgan fingerprint density at radius 3 is 2.67 bits per heavy atom. The van der Waals surface area contributed by atoms with E-state index in [1.165, 1.54) is 12.0 Å². The van der Waals surface area contributed by atoms with Crippen LogP contribution in [0.4, 0.5) is 11.4 Å². The highest BCUT2D eigenvalue weighted by Crippen LogP contribution is 2.30. The first-order chi connectivity index (χ1) is 12.9. The Kier molecular flexibility index (Phi) is 5.46. The molecule has 2 amide bonds. The number of para-hydroxylation sites is 1. The smallest absolute Gasteiger partial charge is 0.339 e. The molecule has 0 aromatic heterocycles. The third kappa shape index (κ3) is 3.95. The summed E-state index contributed by atoms with van der Waals surface area (Å²) >= 11 is 5.94. The minimum absolute atomic E-state index is 0.0774. The Hall–Kier alpha value is -2.86. The van der Waals surface area contributed by atoms with Crippen molar-refractivity contribution in [2.75, 3.05) is 23.9 Å². The van der Waals surface area contributed by atoms with Crippen molar-refractivity contribution in [3.8, 4) is 0 Å². The van der Waals surface area contributed by atoms with Crippen LogP contribution in [0.25, 0.3) is 0 Å². The summed E-state index contributed by atoms with van der Waals surface area (Å²) < 4.78 is 4.78. The van der Waals surface area contributed by atoms with E-state index in [-0.39, 0.29) is 24.8 Å². The van der Waals surface area contributed by atoms with Gasteiger partial charge >= 0.3 is 5.97 Å². The number of ether oxygens (including phenoxy) is 1. The number of esters is 1. The number of nitrogens with zero attached hydrogens (tertiary/aromatic N) is 1. The Balaban J connectivity index is 1.78. The average molecular weight is 387 g/mol. The molecule has 2 aromatic carbocycles. The predicted octanol–water partition coefficient (Wildman–Crippen LogP) is 3.43. The maximum absolute atomic E-state index is 12.6. The summed E-state index contributed by atoms with van der Waals surface area (Å²) in [5.41, 5.74) is 2.24. The Bertz CT molecular complexity index is 913. The fourth-order valence-electron chi connectivity index (χ4n) is 3.11. The number of rotatable bonds is 4. The van der Waals surface area contributed by atoms with Crippen LogP contribution in [-0.4, -0.2) is 31.4 Å². The van der Waals surface area contributed by atoms with Gasteiger partial charge in [-0.3, -0.25) is 9.59 Å². The van der Waals surface area contributed by atoms with Gasteiger partial charge < -0.3 is 15.0 Å². The zero-order valence-electron chi connectivity index (χ0n) is 15.0. The Labute approximate surface area is 162 Å². The molecular weight excluding hydrogens is 368 g/mol. The SMILES string of the molecule is COC(=O)c1ccccc1N1CC(C(=O)Nc2ccc(Cl)cc2C)CC1=O. The number of hydrogen-bond acceptors (Lipinski definition) is 4. The van der Waals surface area contributed by atoms with Gasteiger partial charge in [0.05, 0.1) is 24.3 Å². The number of amides is 2. The van der Waals surface area contributed by atoms with Gasteiger partial charge in [-0.25, -0.2) is 4.79 Å². The molecule has 0 saturated carbocycles. The third-order valence-electron chi connectivity index (χ3n) is 4.54. The monoisotopic (exact) mass is 386 g/mol. The van der Waals surface area contributed by atoms with E-state index in [0.29, 0.717) is 22.0 Å². The summed E-state index contributed by atoms with van der Waals surface area (Å²) in [6.45, 7) is 2.05. The van der Waals surface area contributed by atoms with Gasteiger partial charge in [0.2, 0.25) is 11.8 Å². The summed E-state index contributed by atoms with van der Waals surface area (Å²) in [6.07, 6.45) is 0.0774. The van der Waals surface area contributed by atoms with E-state index in [9.17, 15) is 14.4 Å². The lowest BCUT2D eigenvalue weighted by molar-refractivity contribution is -0.122. The van der Waals surface area contributed by atoms with Crippen molar-refractivity contribution in [2.24, 2.45) is 5.92 Å². The van der Waals surface area contributed by atoms with Gasteiger partial charge in [0.25, 0.3) is 0 Å². The fraction of sp³-hybridized carbons (Fsp3) is 0.250. The average Bonchev–Trinajstić information content (AvgIpc) is 3.05. The molecule has 27 heavy (non-hydrogen) atoms. The van der Waals surface area contributed by atoms with Crippen LogP contribution < -0.4 is 10.2 Å². The first kappa shape index (κ1) is 18.9. The molecule has 0 bridgehead atoms. The molecular formula is C20H19ClN2O4. The zero-order chi connectivity index (χ0) is 19.6. The standard InChI is InChI=1S/C20H19ClN2O4/c1-12-9-14(21)7-8-16(12)22-19(25)13-10-18(24)23(11-13)17-6-4-3-5-15(17)20(26)27-2/h3-9,13H,10-11H2,1-2H3,(H,22,25). The fourth-order valence-corrected chi connectivity index (χ4v) is 3.34. The number of halogens is 1. The van der Waals surface area contributed by atoms with E-state index in [4.69, 9.17) is 16.3 Å². The Morgan fingerprint density at radius 1 is 1.22 bits per heavy atom. The lowest BCUT2D eigenvalue weighted by Gasteiger charge is -2.19. The summed E-state index contributed by atoms with van der Waals surface area (Å²) in [6, 6.07) is 11.9. The minimum atomic E-state index is -0.525. The second-order valence-corrected chi connectivity index (χ2v) is 6.80. The quantitative estimate of drug-likeness (QED) is 0.817. The Morgan fingerprint density at radius 2 is 1.96 bits per heavy atom. The van der Waals surface area contributed by atoms with Crippen LogP contribution in [0.2, 0.25) is 5.02 Å². The summed E-state index contributed by atoms with van der Waals surface area (Å²) in [5, 5.41) is 3.44. The minimum Gasteiger partial charge on any atom is -0.465 e. The summed E-state index contributed by atoms with van der Waals surface area (Å²) in [5.74, 6) is -1.49. The van der Waals surface area contributed by atoms with E-state index < -0.39 is 11.9 Å². The van der Waals surface area contributed by atoms with Gasteiger partial charge in [0.15, 0.2) is 0 Å². The first-order valence-corrected chi connectivity index (χ1v) is 8.83. The van der Waals surface area contributed by atoms with Crippen molar-refractivity contribution in [1.29, 1.82) is 0 Å². The van der Waals surface area contributed by atoms with E-state index in [1.54, 1.807) is 42.5 Å². The molecule has 2 aromatic rings. The molecule has 1 aliphatic rings. The van der Waals surface area contributed by atoms with Crippen molar-refractivity contribution in [3.63, 3.8) is 0 Å². The molecule has 1 aliphatic heterocycles. The molecule has 140 valence electrons. The number of hydrogen-bond donors (Lipinski definition) is 1. The number of carbonyl (C=O) groups excluding carboxylic acids is 3. The van der Waals surface area contributed by atoms with E-state index in [2.05, 4.69) is 5.32 Å². The molecule has 1 fully saturated rings. The maximum Gasteiger partial charge on any atom is 0.339 e. The van der Waals surface area contributed by atoms with Gasteiger partial charge in [-0.1, -0.05) is 23.7 Å². The third-order valence-corrected chi connectivity index (χ3v) is 4.78. The highest BCUT2D eigenvalue weighted by Gasteiger charge is 2.36. The molecule has 7 heteroatoms. The van der Waals surface area contributed by atoms with Gasteiger partial charge in [0.1, 0.15) is 0 Å². The second-order valence-electron chi connectivity index (χ2n) is 6.36. The van der Waals surface area contributed by atoms with Crippen LogP contribution in [0.1, 0.15) is 22.3 Å². The molecule has 1 heterocycles. The van der Waals surface area contributed by atoms with Crippen LogP contribution in [0, 0.1) is 12.8 Å². The molecule has 1 unspecified atom stereocenters. The largest absolute Gasteiger partial charge is 0.465 e. The highest BCUT2D eigenvalue weighted by atomic mass is 35.5.